The number of carboxylic acids is 1. The minimum atomic E-state index is -0.843. The average Bonchev–Trinajstić information content (AvgIpc) is 2.67. The molecule has 0 radical (unpaired) electrons. The number of benzene rings is 1. The van der Waals surface area contributed by atoms with E-state index in [1.54, 1.807) is 0 Å². The number of fused-ring (bicyclic) bond motifs is 1. The van der Waals surface area contributed by atoms with Crippen LogP contribution < -0.4 is 5.32 Å². The highest BCUT2D eigenvalue weighted by atomic mass is 32.1. The molecule has 4 nitrogen and oxygen atoms in total. The lowest BCUT2D eigenvalue weighted by molar-refractivity contribution is -0.142. The highest BCUT2D eigenvalue weighted by Gasteiger charge is 2.39. The molecular weight excluding hydrogens is 272 g/mol. The van der Waals surface area contributed by atoms with E-state index in [1.807, 2.05) is 24.3 Å². The number of hydrogen-bond acceptors (Lipinski definition) is 4. The number of thiazole rings is 1. The molecule has 1 aliphatic rings. The van der Waals surface area contributed by atoms with Gasteiger partial charge in [0.15, 0.2) is 5.13 Å². The van der Waals surface area contributed by atoms with Crippen LogP contribution in [-0.4, -0.2) is 21.6 Å². The second-order valence-corrected chi connectivity index (χ2v) is 6.44. The number of aliphatic carboxylic acids is 1. The second kappa shape index (κ2) is 5.40. The molecule has 2 N–H and O–H groups in total. The molecule has 1 saturated carbocycles. The molecule has 0 spiro atoms. The van der Waals surface area contributed by atoms with Gasteiger partial charge in [0.25, 0.3) is 0 Å². The Morgan fingerprint density at radius 2 is 1.90 bits per heavy atom. The fourth-order valence-corrected chi connectivity index (χ4v) is 3.82. The van der Waals surface area contributed by atoms with Crippen LogP contribution in [0.2, 0.25) is 0 Å². The molecule has 1 aromatic carbocycles. The summed E-state index contributed by atoms with van der Waals surface area (Å²) >= 11 is 1.53. The first-order chi connectivity index (χ1) is 9.70. The van der Waals surface area contributed by atoms with Crippen LogP contribution >= 0.6 is 11.3 Å². The van der Waals surface area contributed by atoms with E-state index in [2.05, 4.69) is 10.3 Å². The number of hydrogen-bond donors (Lipinski definition) is 2. The third-order valence-electron chi connectivity index (χ3n) is 4.01. The highest BCUT2D eigenvalue weighted by molar-refractivity contribution is 7.22. The van der Waals surface area contributed by atoms with Gasteiger partial charge < -0.3 is 10.4 Å². The lowest BCUT2D eigenvalue weighted by atomic mass is 9.90. The van der Waals surface area contributed by atoms with Crippen molar-refractivity contribution < 1.29 is 9.90 Å². The van der Waals surface area contributed by atoms with Gasteiger partial charge in [-0.3, -0.25) is 0 Å². The quantitative estimate of drug-likeness (QED) is 0.842. The topological polar surface area (TPSA) is 62.2 Å². The summed E-state index contributed by atoms with van der Waals surface area (Å²) in [6, 6.07) is 7.89. The van der Waals surface area contributed by atoms with E-state index >= 15 is 0 Å². The molecule has 1 heterocycles. The zero-order valence-corrected chi connectivity index (χ0v) is 12.1. The molecule has 106 valence electrons. The van der Waals surface area contributed by atoms with Crippen LogP contribution in [0, 0.1) is 0 Å². The Balaban J connectivity index is 1.90. The average molecular weight is 290 g/mol. The molecule has 0 amide bonds. The Kier molecular flexibility index (Phi) is 3.61. The van der Waals surface area contributed by atoms with E-state index in [4.69, 9.17) is 0 Å². The Labute approximate surface area is 121 Å². The molecule has 1 fully saturated rings. The largest absolute Gasteiger partial charge is 0.480 e. The van der Waals surface area contributed by atoms with Gasteiger partial charge in [-0.15, -0.1) is 0 Å². The number of para-hydroxylation sites is 1. The molecule has 0 aliphatic heterocycles. The number of carbonyl (C=O) groups is 1. The molecule has 2 aromatic rings. The van der Waals surface area contributed by atoms with Crippen molar-refractivity contribution in [1.29, 1.82) is 0 Å². The number of anilines is 1. The van der Waals surface area contributed by atoms with E-state index in [-0.39, 0.29) is 0 Å². The first-order valence-corrected chi connectivity index (χ1v) is 7.88. The summed E-state index contributed by atoms with van der Waals surface area (Å²) in [6.45, 7) is 0. The monoisotopic (exact) mass is 290 g/mol. The van der Waals surface area contributed by atoms with Crippen LogP contribution in [0.25, 0.3) is 10.2 Å². The molecular formula is C15H18N2O2S. The molecule has 0 atom stereocenters. The molecule has 0 bridgehead atoms. The number of rotatable bonds is 3. The summed E-state index contributed by atoms with van der Waals surface area (Å²) in [5, 5.41) is 13.6. The maximum atomic E-state index is 11.8. The summed E-state index contributed by atoms with van der Waals surface area (Å²) < 4.78 is 1.09. The summed E-state index contributed by atoms with van der Waals surface area (Å²) in [5.41, 5.74) is 0.0823. The Bertz CT molecular complexity index is 582. The second-order valence-electron chi connectivity index (χ2n) is 5.41. The molecule has 5 heteroatoms. The van der Waals surface area contributed by atoms with Gasteiger partial charge in [-0.05, 0) is 25.0 Å². The van der Waals surface area contributed by atoms with Crippen molar-refractivity contribution in [3.05, 3.63) is 24.3 Å². The molecule has 0 saturated heterocycles. The van der Waals surface area contributed by atoms with E-state index in [1.165, 1.54) is 11.3 Å². The fraction of sp³-hybridized carbons (Fsp3) is 0.467. The van der Waals surface area contributed by atoms with Gasteiger partial charge in [0.05, 0.1) is 10.2 Å². The van der Waals surface area contributed by atoms with Gasteiger partial charge in [-0.2, -0.15) is 0 Å². The highest BCUT2D eigenvalue weighted by Crippen LogP contribution is 2.34. The number of nitrogens with one attached hydrogen (secondary N) is 1. The van der Waals surface area contributed by atoms with Gasteiger partial charge in [-0.1, -0.05) is 49.2 Å². The fourth-order valence-electron chi connectivity index (χ4n) is 2.85. The van der Waals surface area contributed by atoms with Crippen LogP contribution in [0.1, 0.15) is 38.5 Å². The minimum Gasteiger partial charge on any atom is -0.480 e. The summed E-state index contributed by atoms with van der Waals surface area (Å²) in [5.74, 6) is -0.751. The first kappa shape index (κ1) is 13.4. The van der Waals surface area contributed by atoms with Crippen molar-refractivity contribution in [2.45, 2.75) is 44.1 Å². The van der Waals surface area contributed by atoms with Crippen molar-refractivity contribution in [3.8, 4) is 0 Å². The van der Waals surface area contributed by atoms with Gasteiger partial charge in [0.1, 0.15) is 5.54 Å². The normalized spacial score (nSPS) is 18.6. The van der Waals surface area contributed by atoms with Crippen LogP contribution in [-0.2, 0) is 4.79 Å². The van der Waals surface area contributed by atoms with Crippen LogP contribution in [0.15, 0.2) is 24.3 Å². The van der Waals surface area contributed by atoms with E-state index in [0.717, 1.165) is 41.0 Å². The molecule has 0 unspecified atom stereocenters. The van der Waals surface area contributed by atoms with Crippen molar-refractivity contribution in [3.63, 3.8) is 0 Å². The third kappa shape index (κ3) is 2.50. The Hall–Kier alpha value is -1.62. The predicted octanol–water partition coefficient (Wildman–Crippen LogP) is 3.89. The van der Waals surface area contributed by atoms with E-state index < -0.39 is 11.5 Å². The summed E-state index contributed by atoms with van der Waals surface area (Å²) in [7, 11) is 0. The van der Waals surface area contributed by atoms with E-state index in [9.17, 15) is 9.90 Å². The Morgan fingerprint density at radius 1 is 1.20 bits per heavy atom. The lowest BCUT2D eigenvalue weighted by Gasteiger charge is -2.28. The standard InChI is InChI=1S/C15H18N2O2S/c18-13(19)15(9-5-1-2-6-10-15)17-14-16-11-7-3-4-8-12(11)20-14/h3-4,7-8H,1-2,5-6,9-10H2,(H,16,17)(H,18,19). The zero-order chi connectivity index (χ0) is 14.0. The number of nitrogens with zero attached hydrogens (tertiary/aromatic N) is 1. The molecule has 1 aromatic heterocycles. The predicted molar refractivity (Wildman–Crippen MR) is 81.3 cm³/mol. The third-order valence-corrected chi connectivity index (χ3v) is 4.96. The zero-order valence-electron chi connectivity index (χ0n) is 11.3. The van der Waals surface area contributed by atoms with Gasteiger partial charge >= 0.3 is 5.97 Å². The molecule has 3 rings (SSSR count). The van der Waals surface area contributed by atoms with Crippen LogP contribution in [0.3, 0.4) is 0 Å². The van der Waals surface area contributed by atoms with Gasteiger partial charge in [0, 0.05) is 0 Å². The maximum absolute atomic E-state index is 11.8. The van der Waals surface area contributed by atoms with Crippen LogP contribution in [0.4, 0.5) is 5.13 Å². The minimum absolute atomic E-state index is 0.679. The van der Waals surface area contributed by atoms with Crippen molar-refractivity contribution in [2.24, 2.45) is 0 Å². The van der Waals surface area contributed by atoms with Crippen molar-refractivity contribution >= 4 is 32.7 Å². The van der Waals surface area contributed by atoms with Gasteiger partial charge in [-0.25, -0.2) is 9.78 Å². The number of aromatic nitrogens is 1. The first-order valence-electron chi connectivity index (χ1n) is 7.07. The maximum Gasteiger partial charge on any atom is 0.329 e. The van der Waals surface area contributed by atoms with Crippen LogP contribution in [0.5, 0.6) is 0 Å². The molecule has 20 heavy (non-hydrogen) atoms. The van der Waals surface area contributed by atoms with Crippen molar-refractivity contribution in [2.75, 3.05) is 5.32 Å². The Morgan fingerprint density at radius 3 is 2.55 bits per heavy atom. The smallest absolute Gasteiger partial charge is 0.329 e. The van der Waals surface area contributed by atoms with Gasteiger partial charge in [0.2, 0.25) is 0 Å². The summed E-state index contributed by atoms with van der Waals surface area (Å²) in [4.78, 5) is 16.3. The lowest BCUT2D eigenvalue weighted by Crippen LogP contribution is -2.45. The van der Waals surface area contributed by atoms with Crippen molar-refractivity contribution in [1.82, 2.24) is 4.98 Å². The number of carboxylic acid groups (broad SMARTS) is 1. The summed E-state index contributed by atoms with van der Waals surface area (Å²) in [6.07, 6.45) is 5.53. The molecule has 1 aliphatic carbocycles. The van der Waals surface area contributed by atoms with E-state index in [0.29, 0.717) is 12.8 Å². The SMILES string of the molecule is O=C(O)C1(Nc2nc3ccccc3s2)CCCCCC1.